The van der Waals surface area contributed by atoms with Crippen molar-refractivity contribution in [2.45, 2.75) is 13.0 Å². The van der Waals surface area contributed by atoms with Gasteiger partial charge in [0.05, 0.1) is 11.8 Å². The maximum atomic E-state index is 10.9. The summed E-state index contributed by atoms with van der Waals surface area (Å²) in [6.45, 7) is 1.60. The second-order valence-electron chi connectivity index (χ2n) is 2.60. The van der Waals surface area contributed by atoms with Crippen LogP contribution in [-0.2, 0) is 14.8 Å². The van der Waals surface area contributed by atoms with Crippen molar-refractivity contribution in [2.24, 2.45) is 5.73 Å². The molecule has 0 aromatic rings. The van der Waals surface area contributed by atoms with Gasteiger partial charge in [-0.25, -0.2) is 13.1 Å². The first kappa shape index (κ1) is 12.3. The van der Waals surface area contributed by atoms with Gasteiger partial charge >= 0.3 is 0 Å². The quantitative estimate of drug-likeness (QED) is 0.487. The van der Waals surface area contributed by atoms with Crippen LogP contribution >= 0.6 is 0 Å². The van der Waals surface area contributed by atoms with Crippen LogP contribution in [-0.4, -0.2) is 39.7 Å². The monoisotopic (exact) mass is 209 g/mol. The predicted octanol–water partition coefficient (Wildman–Crippen LogP) is -2.00. The highest BCUT2D eigenvalue weighted by molar-refractivity contribution is 7.89. The smallest absolute Gasteiger partial charge is 0.236 e. The lowest BCUT2D eigenvalue weighted by atomic mass is 10.3. The van der Waals surface area contributed by atoms with Crippen molar-refractivity contribution in [3.05, 3.63) is 0 Å². The van der Waals surface area contributed by atoms with Crippen LogP contribution in [0.1, 0.15) is 6.92 Å². The van der Waals surface area contributed by atoms with Crippen LogP contribution in [0.25, 0.3) is 0 Å². The van der Waals surface area contributed by atoms with Crippen LogP contribution in [0.4, 0.5) is 0 Å². The van der Waals surface area contributed by atoms with Crippen LogP contribution in [0.3, 0.4) is 0 Å². The molecule has 78 valence electrons. The summed E-state index contributed by atoms with van der Waals surface area (Å²) in [5.41, 5.74) is 5.24. The second kappa shape index (κ2) is 5.15. The Morgan fingerprint density at radius 2 is 2.08 bits per heavy atom. The summed E-state index contributed by atoms with van der Waals surface area (Å²) in [7, 11) is -1.92. The van der Waals surface area contributed by atoms with Gasteiger partial charge in [0.2, 0.25) is 15.9 Å². The molecule has 1 atom stereocenters. The molecular weight excluding hydrogens is 194 g/mol. The van der Waals surface area contributed by atoms with E-state index in [1.165, 1.54) is 14.0 Å². The summed E-state index contributed by atoms with van der Waals surface area (Å²) in [5, 5.41) is 2.39. The van der Waals surface area contributed by atoms with Gasteiger partial charge in [0.1, 0.15) is 0 Å². The number of carbonyl (C=O) groups excluding carboxylic acids is 1. The van der Waals surface area contributed by atoms with E-state index in [-0.39, 0.29) is 18.2 Å². The molecule has 0 aliphatic heterocycles. The molecule has 0 fully saturated rings. The molecule has 0 spiro atoms. The Morgan fingerprint density at radius 1 is 1.54 bits per heavy atom. The molecule has 0 rings (SSSR count). The van der Waals surface area contributed by atoms with Gasteiger partial charge < -0.3 is 11.1 Å². The highest BCUT2D eigenvalue weighted by Crippen LogP contribution is 1.80. The van der Waals surface area contributed by atoms with Crippen molar-refractivity contribution in [3.8, 4) is 0 Å². The third-order valence-electron chi connectivity index (χ3n) is 1.39. The van der Waals surface area contributed by atoms with Gasteiger partial charge in [0.25, 0.3) is 0 Å². The summed E-state index contributed by atoms with van der Waals surface area (Å²) in [6.07, 6.45) is 0. The topological polar surface area (TPSA) is 101 Å². The highest BCUT2D eigenvalue weighted by atomic mass is 32.2. The number of nitrogens with two attached hydrogens (primary N) is 1. The SMILES string of the molecule is CNS(=O)(=O)CCNC(=O)C(C)N. The molecule has 0 bridgehead atoms. The van der Waals surface area contributed by atoms with Crippen LogP contribution in [0, 0.1) is 0 Å². The molecule has 1 unspecified atom stereocenters. The minimum atomic E-state index is -3.25. The normalized spacial score (nSPS) is 13.8. The molecule has 4 N–H and O–H groups in total. The molecule has 6 nitrogen and oxygen atoms in total. The van der Waals surface area contributed by atoms with Crippen molar-refractivity contribution in [3.63, 3.8) is 0 Å². The van der Waals surface area contributed by atoms with Gasteiger partial charge in [0, 0.05) is 6.54 Å². The van der Waals surface area contributed by atoms with E-state index in [1.54, 1.807) is 0 Å². The number of sulfonamides is 1. The zero-order valence-electron chi connectivity index (χ0n) is 7.70. The van der Waals surface area contributed by atoms with Crippen LogP contribution < -0.4 is 15.8 Å². The molecule has 1 amide bonds. The van der Waals surface area contributed by atoms with Gasteiger partial charge in [-0.2, -0.15) is 0 Å². The Bertz CT molecular complexity index is 260. The maximum absolute atomic E-state index is 10.9. The Kier molecular flexibility index (Phi) is 4.89. The second-order valence-corrected chi connectivity index (χ2v) is 4.65. The third-order valence-corrected chi connectivity index (χ3v) is 2.76. The Morgan fingerprint density at radius 3 is 2.46 bits per heavy atom. The van der Waals surface area contributed by atoms with Crippen molar-refractivity contribution in [1.82, 2.24) is 10.0 Å². The van der Waals surface area contributed by atoms with E-state index in [0.29, 0.717) is 0 Å². The number of nitrogens with one attached hydrogen (secondary N) is 2. The fraction of sp³-hybridized carbons (Fsp3) is 0.833. The minimum absolute atomic E-state index is 0.0730. The fourth-order valence-corrected chi connectivity index (χ4v) is 1.15. The van der Waals surface area contributed by atoms with Crippen LogP contribution in [0.15, 0.2) is 0 Å². The number of amides is 1. The molecule has 0 saturated heterocycles. The van der Waals surface area contributed by atoms with E-state index < -0.39 is 16.1 Å². The number of carbonyl (C=O) groups is 1. The van der Waals surface area contributed by atoms with E-state index in [4.69, 9.17) is 5.73 Å². The van der Waals surface area contributed by atoms with E-state index >= 15 is 0 Å². The number of hydrogen-bond acceptors (Lipinski definition) is 4. The number of rotatable bonds is 5. The average molecular weight is 209 g/mol. The van der Waals surface area contributed by atoms with Crippen molar-refractivity contribution < 1.29 is 13.2 Å². The highest BCUT2D eigenvalue weighted by Gasteiger charge is 2.09. The molecule has 13 heavy (non-hydrogen) atoms. The van der Waals surface area contributed by atoms with Gasteiger partial charge in [-0.3, -0.25) is 4.79 Å². The molecule has 0 aliphatic rings. The lowest BCUT2D eigenvalue weighted by Gasteiger charge is -2.07. The molecule has 7 heteroatoms. The van der Waals surface area contributed by atoms with Gasteiger partial charge in [-0.1, -0.05) is 0 Å². The molecule has 0 aliphatic carbocycles. The minimum Gasteiger partial charge on any atom is -0.354 e. The molecule has 0 aromatic carbocycles. The molecule has 0 radical (unpaired) electrons. The first-order valence-corrected chi connectivity index (χ1v) is 5.49. The van der Waals surface area contributed by atoms with Gasteiger partial charge in [0.15, 0.2) is 0 Å². The Labute approximate surface area is 77.9 Å². The molecular formula is C6H15N3O3S. The molecule has 0 heterocycles. The van der Waals surface area contributed by atoms with E-state index in [0.717, 1.165) is 0 Å². The zero-order chi connectivity index (χ0) is 10.5. The van der Waals surface area contributed by atoms with Gasteiger partial charge in [-0.15, -0.1) is 0 Å². The summed E-state index contributed by atoms with van der Waals surface area (Å²) in [6, 6.07) is -0.614. The Hall–Kier alpha value is -0.660. The summed E-state index contributed by atoms with van der Waals surface area (Å²) >= 11 is 0. The molecule has 0 saturated carbocycles. The van der Waals surface area contributed by atoms with Crippen molar-refractivity contribution in [1.29, 1.82) is 0 Å². The Balaban J connectivity index is 3.76. The van der Waals surface area contributed by atoms with E-state index in [9.17, 15) is 13.2 Å². The summed E-state index contributed by atoms with van der Waals surface area (Å²) < 4.78 is 23.8. The first-order chi connectivity index (χ1) is 5.89. The summed E-state index contributed by atoms with van der Waals surface area (Å²) in [4.78, 5) is 10.9. The van der Waals surface area contributed by atoms with E-state index in [2.05, 4.69) is 10.0 Å². The largest absolute Gasteiger partial charge is 0.354 e. The van der Waals surface area contributed by atoms with Crippen LogP contribution in [0.5, 0.6) is 0 Å². The standard InChI is InChI=1S/C6H15N3O3S/c1-5(7)6(10)9-3-4-13(11,12)8-2/h5,8H,3-4,7H2,1-2H3,(H,9,10). The lowest BCUT2D eigenvalue weighted by Crippen LogP contribution is -2.41. The number of hydrogen-bond donors (Lipinski definition) is 3. The first-order valence-electron chi connectivity index (χ1n) is 3.83. The van der Waals surface area contributed by atoms with Crippen molar-refractivity contribution in [2.75, 3.05) is 19.3 Å². The predicted molar refractivity (Wildman–Crippen MR) is 49.5 cm³/mol. The van der Waals surface area contributed by atoms with Crippen LogP contribution in [0.2, 0.25) is 0 Å². The zero-order valence-corrected chi connectivity index (χ0v) is 8.52. The van der Waals surface area contributed by atoms with Gasteiger partial charge in [-0.05, 0) is 14.0 Å². The third kappa shape index (κ3) is 5.56. The molecule has 0 aromatic heterocycles. The fourth-order valence-electron chi connectivity index (χ4n) is 0.572. The maximum Gasteiger partial charge on any atom is 0.236 e. The average Bonchev–Trinajstić information content (AvgIpc) is 2.04. The lowest BCUT2D eigenvalue weighted by molar-refractivity contribution is -0.121. The van der Waals surface area contributed by atoms with E-state index in [1.807, 2.05) is 0 Å². The summed E-state index contributed by atoms with van der Waals surface area (Å²) in [5.74, 6) is -0.492. The van der Waals surface area contributed by atoms with Crippen molar-refractivity contribution >= 4 is 15.9 Å².